The second-order valence-electron chi connectivity index (χ2n) is 3.55. The molecule has 0 saturated heterocycles. The van der Waals surface area contributed by atoms with E-state index in [0.717, 1.165) is 5.56 Å². The molecule has 1 aromatic rings. The van der Waals surface area contributed by atoms with E-state index < -0.39 is 0 Å². The van der Waals surface area contributed by atoms with Crippen LogP contribution in [0.2, 0.25) is 0 Å². The van der Waals surface area contributed by atoms with Crippen LogP contribution in [0.15, 0.2) is 11.4 Å². The van der Waals surface area contributed by atoms with Crippen molar-refractivity contribution in [2.75, 3.05) is 0 Å². The number of carbonyl (C=O) groups is 1. The molecule has 2 N–H and O–H groups in total. The van der Waals surface area contributed by atoms with E-state index in [2.05, 4.69) is 29.0 Å². The molecular formula is C10H16N2OS. The van der Waals surface area contributed by atoms with Crippen LogP contribution >= 0.6 is 11.3 Å². The number of carbonyl (C=O) groups excluding carboxylic acids is 1. The molecule has 0 spiro atoms. The lowest BCUT2D eigenvalue weighted by molar-refractivity contribution is 0.238. The lowest BCUT2D eigenvalue weighted by atomic mass is 10.3. The van der Waals surface area contributed by atoms with Gasteiger partial charge in [0.25, 0.3) is 0 Å². The Balaban J connectivity index is 2.30. The Morgan fingerprint density at radius 1 is 1.57 bits per heavy atom. The van der Waals surface area contributed by atoms with Crippen LogP contribution in [0.3, 0.4) is 0 Å². The highest BCUT2D eigenvalue weighted by Gasteiger charge is 2.02. The summed E-state index contributed by atoms with van der Waals surface area (Å²) < 4.78 is 0. The summed E-state index contributed by atoms with van der Waals surface area (Å²) in [6, 6.07) is 2.16. The Hall–Kier alpha value is -1.03. The van der Waals surface area contributed by atoms with Crippen molar-refractivity contribution in [3.63, 3.8) is 0 Å². The topological polar surface area (TPSA) is 41.1 Å². The molecule has 0 aliphatic heterocycles. The first-order valence-electron chi connectivity index (χ1n) is 4.66. The second kappa shape index (κ2) is 5.00. The average molecular weight is 212 g/mol. The van der Waals surface area contributed by atoms with E-state index in [1.165, 1.54) is 4.88 Å². The van der Waals surface area contributed by atoms with Crippen LogP contribution in [0.5, 0.6) is 0 Å². The van der Waals surface area contributed by atoms with Gasteiger partial charge in [-0.25, -0.2) is 4.79 Å². The van der Waals surface area contributed by atoms with Gasteiger partial charge in [-0.3, -0.25) is 0 Å². The fourth-order valence-corrected chi connectivity index (χ4v) is 1.79. The molecule has 0 aliphatic rings. The Morgan fingerprint density at radius 2 is 2.29 bits per heavy atom. The summed E-state index contributed by atoms with van der Waals surface area (Å²) in [7, 11) is 0. The number of aryl methyl sites for hydroxylation is 1. The first-order chi connectivity index (χ1) is 6.58. The molecule has 0 aliphatic carbocycles. The van der Waals surface area contributed by atoms with Crippen molar-refractivity contribution in [1.82, 2.24) is 10.6 Å². The molecule has 0 atom stereocenters. The molecule has 14 heavy (non-hydrogen) atoms. The number of urea groups is 1. The fourth-order valence-electron chi connectivity index (χ4n) is 1.09. The van der Waals surface area contributed by atoms with Gasteiger partial charge in [0.15, 0.2) is 0 Å². The normalized spacial score (nSPS) is 10.3. The summed E-state index contributed by atoms with van der Waals surface area (Å²) >= 11 is 1.70. The Bertz CT molecular complexity index is 307. The highest BCUT2D eigenvalue weighted by molar-refractivity contribution is 7.10. The molecule has 2 amide bonds. The second-order valence-corrected chi connectivity index (χ2v) is 4.66. The number of nitrogens with one attached hydrogen (secondary N) is 2. The van der Waals surface area contributed by atoms with Crippen molar-refractivity contribution < 1.29 is 4.79 Å². The third kappa shape index (κ3) is 3.79. The number of amides is 2. The van der Waals surface area contributed by atoms with Crippen molar-refractivity contribution in [3.05, 3.63) is 21.9 Å². The van der Waals surface area contributed by atoms with Gasteiger partial charge >= 0.3 is 6.03 Å². The quantitative estimate of drug-likeness (QED) is 0.793. The monoisotopic (exact) mass is 212 g/mol. The minimum Gasteiger partial charge on any atom is -0.336 e. The number of rotatable bonds is 3. The Labute approximate surface area is 88.5 Å². The average Bonchev–Trinajstić information content (AvgIpc) is 2.47. The Kier molecular flexibility index (Phi) is 3.95. The predicted molar refractivity (Wildman–Crippen MR) is 59.6 cm³/mol. The summed E-state index contributed by atoms with van der Waals surface area (Å²) in [5.41, 5.74) is 1.16. The molecule has 0 fully saturated rings. The standard InChI is InChI=1S/C10H16N2OS/c1-7(2)12-10(13)11-5-9-4-8(3)14-6-9/h4,6-7H,5H2,1-3H3,(H2,11,12,13). The minimum absolute atomic E-state index is 0.108. The molecule has 1 heterocycles. The van der Waals surface area contributed by atoms with Gasteiger partial charge in [0.1, 0.15) is 0 Å². The SMILES string of the molecule is Cc1cc(CNC(=O)NC(C)C)cs1. The molecule has 1 rings (SSSR count). The molecule has 0 bridgehead atoms. The van der Waals surface area contributed by atoms with Crippen LogP contribution in [-0.2, 0) is 6.54 Å². The third-order valence-electron chi connectivity index (χ3n) is 1.66. The molecule has 1 aromatic heterocycles. The molecule has 3 nitrogen and oxygen atoms in total. The number of thiophene rings is 1. The molecule has 78 valence electrons. The van der Waals surface area contributed by atoms with Crippen molar-refractivity contribution in [2.45, 2.75) is 33.4 Å². The number of hydrogen-bond acceptors (Lipinski definition) is 2. The van der Waals surface area contributed by atoms with Gasteiger partial charge in [-0.15, -0.1) is 11.3 Å². The van der Waals surface area contributed by atoms with Gasteiger partial charge in [-0.05, 0) is 37.8 Å². The van der Waals surface area contributed by atoms with E-state index in [0.29, 0.717) is 6.54 Å². The highest BCUT2D eigenvalue weighted by atomic mass is 32.1. The first-order valence-corrected chi connectivity index (χ1v) is 5.54. The largest absolute Gasteiger partial charge is 0.336 e. The van der Waals surface area contributed by atoms with Crippen LogP contribution in [-0.4, -0.2) is 12.1 Å². The molecular weight excluding hydrogens is 196 g/mol. The lowest BCUT2D eigenvalue weighted by Crippen LogP contribution is -2.38. The lowest BCUT2D eigenvalue weighted by Gasteiger charge is -2.08. The molecule has 4 heteroatoms. The summed E-state index contributed by atoms with van der Waals surface area (Å²) in [5, 5.41) is 7.63. The zero-order chi connectivity index (χ0) is 10.6. The van der Waals surface area contributed by atoms with Crippen LogP contribution in [0.4, 0.5) is 4.79 Å². The summed E-state index contributed by atoms with van der Waals surface area (Å²) in [4.78, 5) is 12.5. The van der Waals surface area contributed by atoms with E-state index >= 15 is 0 Å². The Morgan fingerprint density at radius 3 is 2.79 bits per heavy atom. The van der Waals surface area contributed by atoms with Crippen molar-refractivity contribution in [1.29, 1.82) is 0 Å². The smallest absolute Gasteiger partial charge is 0.315 e. The van der Waals surface area contributed by atoms with E-state index in [4.69, 9.17) is 0 Å². The maximum atomic E-state index is 11.2. The van der Waals surface area contributed by atoms with Crippen LogP contribution in [0.1, 0.15) is 24.3 Å². The molecule has 0 saturated carbocycles. The van der Waals surface area contributed by atoms with Gasteiger partial charge in [0.2, 0.25) is 0 Å². The highest BCUT2D eigenvalue weighted by Crippen LogP contribution is 2.12. The van der Waals surface area contributed by atoms with E-state index in [1.807, 2.05) is 13.8 Å². The van der Waals surface area contributed by atoms with Crippen LogP contribution in [0.25, 0.3) is 0 Å². The zero-order valence-corrected chi connectivity index (χ0v) is 9.57. The maximum absolute atomic E-state index is 11.2. The third-order valence-corrected chi connectivity index (χ3v) is 2.57. The predicted octanol–water partition coefficient (Wildman–Crippen LogP) is 2.26. The van der Waals surface area contributed by atoms with Gasteiger partial charge in [0.05, 0.1) is 0 Å². The van der Waals surface area contributed by atoms with Crippen LogP contribution < -0.4 is 10.6 Å². The number of hydrogen-bond donors (Lipinski definition) is 2. The molecule has 0 radical (unpaired) electrons. The molecule has 0 aromatic carbocycles. The summed E-state index contributed by atoms with van der Waals surface area (Å²) in [5.74, 6) is 0. The van der Waals surface area contributed by atoms with Gasteiger partial charge < -0.3 is 10.6 Å². The van der Waals surface area contributed by atoms with Crippen LogP contribution in [0, 0.1) is 6.92 Å². The maximum Gasteiger partial charge on any atom is 0.315 e. The molecule has 0 unspecified atom stereocenters. The van der Waals surface area contributed by atoms with E-state index in [1.54, 1.807) is 11.3 Å². The van der Waals surface area contributed by atoms with Gasteiger partial charge in [-0.2, -0.15) is 0 Å². The van der Waals surface area contributed by atoms with E-state index in [9.17, 15) is 4.79 Å². The first kappa shape index (κ1) is 11.0. The minimum atomic E-state index is -0.108. The van der Waals surface area contributed by atoms with Crippen molar-refractivity contribution in [2.24, 2.45) is 0 Å². The van der Waals surface area contributed by atoms with Gasteiger partial charge in [0, 0.05) is 17.5 Å². The van der Waals surface area contributed by atoms with Crippen molar-refractivity contribution >= 4 is 17.4 Å². The van der Waals surface area contributed by atoms with E-state index in [-0.39, 0.29) is 12.1 Å². The summed E-state index contributed by atoms with van der Waals surface area (Å²) in [6.07, 6.45) is 0. The summed E-state index contributed by atoms with van der Waals surface area (Å²) in [6.45, 7) is 6.54. The fraction of sp³-hybridized carbons (Fsp3) is 0.500. The van der Waals surface area contributed by atoms with Gasteiger partial charge in [-0.1, -0.05) is 0 Å². The zero-order valence-electron chi connectivity index (χ0n) is 8.76. The van der Waals surface area contributed by atoms with Crippen molar-refractivity contribution in [3.8, 4) is 0 Å².